The molecule has 0 aromatic rings. The van der Waals surface area contributed by atoms with E-state index in [1.165, 1.54) is 56.9 Å². The SMILES string of the molecule is C/C(=C\C(=O)N1CCOCC1)CCCC(C)CCCC(C)CCCC(C)C. The van der Waals surface area contributed by atoms with E-state index in [1.807, 2.05) is 11.0 Å². The maximum Gasteiger partial charge on any atom is 0.246 e. The van der Waals surface area contributed by atoms with Crippen molar-refractivity contribution in [3.05, 3.63) is 11.6 Å². The fourth-order valence-electron chi connectivity index (χ4n) is 3.87. The maximum atomic E-state index is 12.2. The Balaban J connectivity index is 2.09. The van der Waals surface area contributed by atoms with Gasteiger partial charge in [0, 0.05) is 19.2 Å². The summed E-state index contributed by atoms with van der Waals surface area (Å²) < 4.78 is 5.31. The molecule has 0 bridgehead atoms. The summed E-state index contributed by atoms with van der Waals surface area (Å²) in [4.78, 5) is 14.1. The molecule has 1 rings (SSSR count). The summed E-state index contributed by atoms with van der Waals surface area (Å²) in [5.74, 6) is 2.69. The van der Waals surface area contributed by atoms with Crippen molar-refractivity contribution in [2.75, 3.05) is 26.3 Å². The van der Waals surface area contributed by atoms with Gasteiger partial charge in [-0.1, -0.05) is 78.2 Å². The van der Waals surface area contributed by atoms with Crippen LogP contribution in [0.15, 0.2) is 11.6 Å². The molecule has 1 fully saturated rings. The molecule has 1 aliphatic rings. The monoisotopic (exact) mass is 379 g/mol. The zero-order valence-corrected chi connectivity index (χ0v) is 18.8. The lowest BCUT2D eigenvalue weighted by Crippen LogP contribution is -2.39. The maximum absolute atomic E-state index is 12.2. The van der Waals surface area contributed by atoms with Crippen molar-refractivity contribution >= 4 is 5.91 Å². The van der Waals surface area contributed by atoms with Crippen LogP contribution < -0.4 is 0 Å². The molecule has 0 spiro atoms. The molecule has 1 heterocycles. The standard InChI is InChI=1S/C24H45NO2/c1-20(2)9-6-10-21(3)11-7-12-22(4)13-8-14-23(5)19-24(26)25-15-17-27-18-16-25/h19-22H,6-18H2,1-5H3/b23-19+. The number of hydrogen-bond donors (Lipinski definition) is 0. The Morgan fingerprint density at radius 2 is 1.41 bits per heavy atom. The molecule has 2 atom stereocenters. The summed E-state index contributed by atoms with van der Waals surface area (Å²) in [6.07, 6.45) is 13.6. The topological polar surface area (TPSA) is 29.5 Å². The van der Waals surface area contributed by atoms with Gasteiger partial charge in [0.25, 0.3) is 0 Å². The van der Waals surface area contributed by atoms with E-state index in [0.29, 0.717) is 13.2 Å². The summed E-state index contributed by atoms with van der Waals surface area (Å²) in [5.41, 5.74) is 1.22. The van der Waals surface area contributed by atoms with Gasteiger partial charge in [0.15, 0.2) is 0 Å². The first-order valence-corrected chi connectivity index (χ1v) is 11.4. The predicted molar refractivity (Wildman–Crippen MR) is 116 cm³/mol. The number of morpholine rings is 1. The van der Waals surface area contributed by atoms with Crippen LogP contribution in [0.2, 0.25) is 0 Å². The summed E-state index contributed by atoms with van der Waals surface area (Å²) in [7, 11) is 0. The van der Waals surface area contributed by atoms with E-state index in [2.05, 4.69) is 34.6 Å². The van der Waals surface area contributed by atoms with Crippen molar-refractivity contribution in [1.82, 2.24) is 4.90 Å². The van der Waals surface area contributed by atoms with Crippen molar-refractivity contribution in [3.8, 4) is 0 Å². The van der Waals surface area contributed by atoms with Crippen LogP contribution >= 0.6 is 0 Å². The summed E-state index contributed by atoms with van der Waals surface area (Å²) in [5, 5.41) is 0. The van der Waals surface area contributed by atoms with Crippen LogP contribution in [-0.2, 0) is 9.53 Å². The molecule has 2 unspecified atom stereocenters. The lowest BCUT2D eigenvalue weighted by atomic mass is 9.91. The molecule has 27 heavy (non-hydrogen) atoms. The van der Waals surface area contributed by atoms with Crippen molar-refractivity contribution in [2.24, 2.45) is 17.8 Å². The van der Waals surface area contributed by atoms with E-state index in [0.717, 1.165) is 37.3 Å². The first kappa shape index (κ1) is 24.2. The highest BCUT2D eigenvalue weighted by molar-refractivity contribution is 5.88. The number of carbonyl (C=O) groups excluding carboxylic acids is 1. The Labute approximate surface area is 168 Å². The molecule has 0 radical (unpaired) electrons. The highest BCUT2D eigenvalue weighted by Crippen LogP contribution is 2.22. The molecular formula is C24H45NO2. The van der Waals surface area contributed by atoms with E-state index in [-0.39, 0.29) is 5.91 Å². The molecule has 1 aliphatic heterocycles. The van der Waals surface area contributed by atoms with E-state index in [1.54, 1.807) is 0 Å². The summed E-state index contributed by atoms with van der Waals surface area (Å²) in [6, 6.07) is 0. The number of nitrogens with zero attached hydrogens (tertiary/aromatic N) is 1. The minimum absolute atomic E-state index is 0.162. The third-order valence-corrected chi connectivity index (χ3v) is 5.83. The van der Waals surface area contributed by atoms with E-state index < -0.39 is 0 Å². The molecule has 0 aliphatic carbocycles. The van der Waals surface area contributed by atoms with Crippen molar-refractivity contribution in [1.29, 1.82) is 0 Å². The second kappa shape index (κ2) is 14.2. The van der Waals surface area contributed by atoms with Gasteiger partial charge in [-0.05, 0) is 37.5 Å². The Bertz CT molecular complexity index is 424. The first-order valence-electron chi connectivity index (χ1n) is 11.4. The smallest absolute Gasteiger partial charge is 0.246 e. The average Bonchev–Trinajstić information content (AvgIpc) is 2.62. The van der Waals surface area contributed by atoms with Gasteiger partial charge in [0.1, 0.15) is 0 Å². The third kappa shape index (κ3) is 12.3. The van der Waals surface area contributed by atoms with Gasteiger partial charge in [-0.3, -0.25) is 4.79 Å². The molecule has 0 aromatic carbocycles. The summed E-state index contributed by atoms with van der Waals surface area (Å²) >= 11 is 0. The second-order valence-corrected chi connectivity index (χ2v) is 9.29. The zero-order chi connectivity index (χ0) is 20.1. The Morgan fingerprint density at radius 3 is 1.96 bits per heavy atom. The van der Waals surface area contributed by atoms with Crippen LogP contribution in [0.3, 0.4) is 0 Å². The predicted octanol–water partition coefficient (Wildman–Crippen LogP) is 6.23. The Kier molecular flexibility index (Phi) is 12.7. The Hall–Kier alpha value is -0.830. The summed E-state index contributed by atoms with van der Waals surface area (Å²) in [6.45, 7) is 14.4. The van der Waals surface area contributed by atoms with Crippen LogP contribution in [0, 0.1) is 17.8 Å². The quantitative estimate of drug-likeness (QED) is 0.355. The van der Waals surface area contributed by atoms with E-state index in [4.69, 9.17) is 4.74 Å². The minimum atomic E-state index is 0.162. The van der Waals surface area contributed by atoms with Crippen molar-refractivity contribution in [3.63, 3.8) is 0 Å². The highest BCUT2D eigenvalue weighted by Gasteiger charge is 2.14. The van der Waals surface area contributed by atoms with Gasteiger partial charge in [-0.2, -0.15) is 0 Å². The number of ether oxygens (including phenoxy) is 1. The highest BCUT2D eigenvalue weighted by atomic mass is 16.5. The van der Waals surface area contributed by atoms with Gasteiger partial charge < -0.3 is 9.64 Å². The van der Waals surface area contributed by atoms with Gasteiger partial charge in [-0.15, -0.1) is 0 Å². The normalized spacial score (nSPS) is 18.0. The molecule has 0 saturated carbocycles. The minimum Gasteiger partial charge on any atom is -0.378 e. The first-order chi connectivity index (χ1) is 12.9. The van der Waals surface area contributed by atoms with Crippen molar-refractivity contribution < 1.29 is 9.53 Å². The van der Waals surface area contributed by atoms with Crippen molar-refractivity contribution in [2.45, 2.75) is 92.4 Å². The molecule has 0 aromatic heterocycles. The molecule has 158 valence electrons. The molecule has 3 heteroatoms. The molecular weight excluding hydrogens is 334 g/mol. The third-order valence-electron chi connectivity index (χ3n) is 5.83. The average molecular weight is 380 g/mol. The van der Waals surface area contributed by atoms with Crippen LogP contribution in [0.4, 0.5) is 0 Å². The van der Waals surface area contributed by atoms with E-state index in [9.17, 15) is 4.79 Å². The molecule has 1 saturated heterocycles. The van der Waals surface area contributed by atoms with Gasteiger partial charge in [0.2, 0.25) is 5.91 Å². The van der Waals surface area contributed by atoms with Gasteiger partial charge >= 0.3 is 0 Å². The number of hydrogen-bond acceptors (Lipinski definition) is 2. The second-order valence-electron chi connectivity index (χ2n) is 9.29. The molecule has 0 N–H and O–H groups in total. The largest absolute Gasteiger partial charge is 0.378 e. The number of carbonyl (C=O) groups is 1. The zero-order valence-electron chi connectivity index (χ0n) is 18.8. The van der Waals surface area contributed by atoms with Crippen LogP contribution in [0.5, 0.6) is 0 Å². The molecule has 3 nitrogen and oxygen atoms in total. The lowest BCUT2D eigenvalue weighted by Gasteiger charge is -2.25. The van der Waals surface area contributed by atoms with Crippen LogP contribution in [0.1, 0.15) is 92.4 Å². The van der Waals surface area contributed by atoms with Gasteiger partial charge in [0.05, 0.1) is 13.2 Å². The van der Waals surface area contributed by atoms with Gasteiger partial charge in [-0.25, -0.2) is 0 Å². The Morgan fingerprint density at radius 1 is 0.889 bits per heavy atom. The van der Waals surface area contributed by atoms with Crippen LogP contribution in [0.25, 0.3) is 0 Å². The molecule has 1 amide bonds. The van der Waals surface area contributed by atoms with Crippen LogP contribution in [-0.4, -0.2) is 37.1 Å². The number of amides is 1. The fourth-order valence-corrected chi connectivity index (χ4v) is 3.87. The lowest BCUT2D eigenvalue weighted by molar-refractivity contribution is -0.130. The number of rotatable bonds is 13. The van der Waals surface area contributed by atoms with E-state index >= 15 is 0 Å². The number of allylic oxidation sites excluding steroid dienone is 1. The fraction of sp³-hybridized carbons (Fsp3) is 0.875.